The van der Waals surface area contributed by atoms with E-state index < -0.39 is 17.7 Å². The van der Waals surface area contributed by atoms with Gasteiger partial charge in [0.1, 0.15) is 6.33 Å². The topological polar surface area (TPSA) is 108 Å². The number of anilines is 1. The van der Waals surface area contributed by atoms with Gasteiger partial charge in [0.2, 0.25) is 0 Å². The summed E-state index contributed by atoms with van der Waals surface area (Å²) >= 11 is 0. The van der Waals surface area contributed by atoms with Crippen LogP contribution in [0.5, 0.6) is 5.75 Å². The van der Waals surface area contributed by atoms with Crippen molar-refractivity contribution in [2.75, 3.05) is 19.5 Å². The van der Waals surface area contributed by atoms with Gasteiger partial charge in [-0.2, -0.15) is 0 Å². The Balaban J connectivity index is 1.87. The molecule has 0 aliphatic carbocycles. The molecule has 9 nitrogen and oxygen atoms in total. The van der Waals surface area contributed by atoms with Crippen molar-refractivity contribution in [1.29, 1.82) is 0 Å². The number of benzene rings is 1. The van der Waals surface area contributed by atoms with Gasteiger partial charge in [0, 0.05) is 18.5 Å². The molecule has 0 aliphatic heterocycles. The largest absolute Gasteiger partial charge is 0.494 e. The number of nitrogens with one attached hydrogen (secondary N) is 1. The molecule has 0 bridgehead atoms. The molecule has 0 aliphatic rings. The monoisotopic (exact) mass is 371 g/mol. The number of carbonyl (C=O) groups is 2. The van der Waals surface area contributed by atoms with Gasteiger partial charge in [-0.3, -0.25) is 9.36 Å². The molecule has 1 amide bonds. The van der Waals surface area contributed by atoms with E-state index >= 15 is 0 Å². The van der Waals surface area contributed by atoms with E-state index in [1.54, 1.807) is 23.0 Å². The smallest absolute Gasteiger partial charge is 0.340 e. The first-order valence-electron chi connectivity index (χ1n) is 7.62. The maximum atomic E-state index is 13.9. The number of amides is 1. The van der Waals surface area contributed by atoms with Crippen molar-refractivity contribution >= 4 is 17.6 Å². The molecule has 0 saturated carbocycles. The second-order valence-corrected chi connectivity index (χ2v) is 5.22. The number of esters is 1. The van der Waals surface area contributed by atoms with Crippen LogP contribution in [0.1, 0.15) is 20.8 Å². The van der Waals surface area contributed by atoms with Crippen LogP contribution in [0.3, 0.4) is 0 Å². The van der Waals surface area contributed by atoms with Crippen molar-refractivity contribution in [3.05, 3.63) is 60.1 Å². The molecular weight excluding hydrogens is 357 g/mol. The molecule has 0 radical (unpaired) electrons. The number of methoxy groups -OCH3 is 2. The summed E-state index contributed by atoms with van der Waals surface area (Å²) in [7, 11) is 2.42. The Kier molecular flexibility index (Phi) is 5.06. The fraction of sp³-hybridized carbons (Fsp3) is 0.118. The zero-order valence-corrected chi connectivity index (χ0v) is 14.3. The van der Waals surface area contributed by atoms with Crippen LogP contribution in [-0.4, -0.2) is 45.8 Å². The van der Waals surface area contributed by atoms with Crippen LogP contribution in [-0.2, 0) is 4.74 Å². The van der Waals surface area contributed by atoms with Gasteiger partial charge in [-0.25, -0.2) is 14.2 Å². The van der Waals surface area contributed by atoms with Crippen molar-refractivity contribution < 1.29 is 23.5 Å². The number of rotatable bonds is 5. The van der Waals surface area contributed by atoms with E-state index in [4.69, 9.17) is 4.74 Å². The van der Waals surface area contributed by atoms with Gasteiger partial charge in [-0.1, -0.05) is 0 Å². The predicted octanol–water partition coefficient (Wildman–Crippen LogP) is 1.85. The van der Waals surface area contributed by atoms with Crippen LogP contribution in [0.25, 0.3) is 5.82 Å². The van der Waals surface area contributed by atoms with Crippen molar-refractivity contribution in [1.82, 2.24) is 19.7 Å². The highest BCUT2D eigenvalue weighted by atomic mass is 19.1. The highest BCUT2D eigenvalue weighted by molar-refractivity contribution is 6.07. The minimum atomic E-state index is -0.812. The standard InChI is InChI=1S/C17H14FN5O4/c1-26-14-8-13(10(7-11(14)18)17(25)27-2)20-16(24)12-3-4-15(22-21-12)23-6-5-19-9-23/h3-9H,1-2H3,(H,20,24). The number of carbonyl (C=O) groups excluding carboxylic acids is 2. The van der Waals surface area contributed by atoms with Gasteiger partial charge in [0.05, 0.1) is 25.5 Å². The number of hydrogen-bond acceptors (Lipinski definition) is 7. The molecule has 1 N–H and O–H groups in total. The summed E-state index contributed by atoms with van der Waals surface area (Å²) in [6, 6.07) is 5.15. The highest BCUT2D eigenvalue weighted by Gasteiger charge is 2.20. The Labute approximate surface area is 152 Å². The second kappa shape index (κ2) is 7.60. The Hall–Kier alpha value is -3.82. The minimum absolute atomic E-state index is 0.00188. The summed E-state index contributed by atoms with van der Waals surface area (Å²) in [6.45, 7) is 0. The maximum absolute atomic E-state index is 13.9. The predicted molar refractivity (Wildman–Crippen MR) is 91.4 cm³/mol. The fourth-order valence-corrected chi connectivity index (χ4v) is 2.26. The van der Waals surface area contributed by atoms with Crippen LogP contribution in [0.4, 0.5) is 10.1 Å². The second-order valence-electron chi connectivity index (χ2n) is 5.22. The van der Waals surface area contributed by atoms with E-state index in [0.717, 1.165) is 13.2 Å². The van der Waals surface area contributed by atoms with Gasteiger partial charge in [-0.15, -0.1) is 10.2 Å². The van der Waals surface area contributed by atoms with Gasteiger partial charge < -0.3 is 14.8 Å². The molecule has 2 aromatic heterocycles. The Morgan fingerprint density at radius 1 is 1.19 bits per heavy atom. The van der Waals surface area contributed by atoms with Crippen LogP contribution < -0.4 is 10.1 Å². The lowest BCUT2D eigenvalue weighted by molar-refractivity contribution is 0.0601. The van der Waals surface area contributed by atoms with E-state index in [0.29, 0.717) is 5.82 Å². The summed E-state index contributed by atoms with van der Waals surface area (Å²) in [5.74, 6) is -1.88. The maximum Gasteiger partial charge on any atom is 0.340 e. The molecule has 27 heavy (non-hydrogen) atoms. The number of imidazole rings is 1. The molecule has 0 saturated heterocycles. The number of halogens is 1. The SMILES string of the molecule is COC(=O)c1cc(F)c(OC)cc1NC(=O)c1ccc(-n2ccnc2)nn1. The molecule has 0 atom stereocenters. The molecule has 0 unspecified atom stereocenters. The number of hydrogen-bond donors (Lipinski definition) is 1. The third-order valence-corrected chi connectivity index (χ3v) is 3.60. The van der Waals surface area contributed by atoms with E-state index in [2.05, 4.69) is 25.2 Å². The first-order valence-corrected chi connectivity index (χ1v) is 7.62. The van der Waals surface area contributed by atoms with Gasteiger partial charge in [0.25, 0.3) is 5.91 Å². The van der Waals surface area contributed by atoms with E-state index in [-0.39, 0.29) is 22.7 Å². The Morgan fingerprint density at radius 3 is 2.59 bits per heavy atom. The number of aromatic nitrogens is 4. The molecule has 3 rings (SSSR count). The van der Waals surface area contributed by atoms with Crippen molar-refractivity contribution in [3.63, 3.8) is 0 Å². The van der Waals surface area contributed by atoms with Gasteiger partial charge in [-0.05, 0) is 18.2 Å². The lowest BCUT2D eigenvalue weighted by Crippen LogP contribution is -2.18. The van der Waals surface area contributed by atoms with Crippen molar-refractivity contribution in [2.24, 2.45) is 0 Å². The number of ether oxygens (including phenoxy) is 2. The van der Waals surface area contributed by atoms with Crippen molar-refractivity contribution in [3.8, 4) is 11.6 Å². The van der Waals surface area contributed by atoms with Crippen LogP contribution in [0.2, 0.25) is 0 Å². The van der Waals surface area contributed by atoms with E-state index in [1.165, 1.54) is 25.6 Å². The molecule has 3 aromatic rings. The normalized spacial score (nSPS) is 10.3. The third kappa shape index (κ3) is 3.73. The Bertz CT molecular complexity index is 974. The molecule has 10 heteroatoms. The summed E-state index contributed by atoms with van der Waals surface area (Å²) in [5.41, 5.74) is -0.143. The number of nitrogens with zero attached hydrogens (tertiary/aromatic N) is 4. The lowest BCUT2D eigenvalue weighted by Gasteiger charge is -2.12. The lowest BCUT2D eigenvalue weighted by atomic mass is 10.1. The van der Waals surface area contributed by atoms with Crippen LogP contribution >= 0.6 is 0 Å². The molecule has 1 aromatic carbocycles. The molecule has 2 heterocycles. The van der Waals surface area contributed by atoms with Crippen LogP contribution in [0.15, 0.2) is 43.0 Å². The van der Waals surface area contributed by atoms with Crippen molar-refractivity contribution in [2.45, 2.75) is 0 Å². The first kappa shape index (κ1) is 18.0. The summed E-state index contributed by atoms with van der Waals surface area (Å²) in [6.07, 6.45) is 4.80. The zero-order valence-electron chi connectivity index (χ0n) is 14.3. The average Bonchev–Trinajstić information content (AvgIpc) is 3.23. The van der Waals surface area contributed by atoms with Crippen LogP contribution in [0, 0.1) is 5.82 Å². The minimum Gasteiger partial charge on any atom is -0.494 e. The Morgan fingerprint density at radius 2 is 2.00 bits per heavy atom. The quantitative estimate of drug-likeness (QED) is 0.682. The third-order valence-electron chi connectivity index (χ3n) is 3.60. The van der Waals surface area contributed by atoms with Gasteiger partial charge in [0.15, 0.2) is 23.1 Å². The van der Waals surface area contributed by atoms with E-state index in [1.807, 2.05) is 0 Å². The summed E-state index contributed by atoms with van der Waals surface area (Å²) < 4.78 is 25.0. The average molecular weight is 371 g/mol. The molecular formula is C17H14FN5O4. The summed E-state index contributed by atoms with van der Waals surface area (Å²) in [4.78, 5) is 28.2. The molecule has 0 spiro atoms. The fourth-order valence-electron chi connectivity index (χ4n) is 2.26. The first-order chi connectivity index (χ1) is 13.0. The zero-order chi connectivity index (χ0) is 19.4. The highest BCUT2D eigenvalue weighted by Crippen LogP contribution is 2.27. The molecule has 138 valence electrons. The summed E-state index contributed by atoms with van der Waals surface area (Å²) in [5, 5.41) is 10.3. The molecule has 0 fully saturated rings. The van der Waals surface area contributed by atoms with Gasteiger partial charge >= 0.3 is 5.97 Å². The van der Waals surface area contributed by atoms with E-state index in [9.17, 15) is 14.0 Å².